The largest absolute Gasteiger partial charge is 0.497 e. The van der Waals surface area contributed by atoms with Crippen molar-refractivity contribution in [3.05, 3.63) is 47.9 Å². The summed E-state index contributed by atoms with van der Waals surface area (Å²) in [5.74, 6) is 0.595. The number of pyridine rings is 1. The van der Waals surface area contributed by atoms with E-state index in [2.05, 4.69) is 4.98 Å². The zero-order valence-corrected chi connectivity index (χ0v) is 10.6. The average molecular weight is 258 g/mol. The second-order valence-corrected chi connectivity index (χ2v) is 4.86. The molecule has 3 rings (SSSR count). The number of ether oxygens (including phenoxy) is 1. The molecule has 1 aliphatic rings. The summed E-state index contributed by atoms with van der Waals surface area (Å²) >= 11 is 0. The van der Waals surface area contributed by atoms with Gasteiger partial charge in [-0.25, -0.2) is 4.39 Å². The zero-order chi connectivity index (χ0) is 13.4. The molecule has 0 aliphatic heterocycles. The van der Waals surface area contributed by atoms with Crippen LogP contribution in [-0.4, -0.2) is 18.1 Å². The topological polar surface area (TPSA) is 48.1 Å². The van der Waals surface area contributed by atoms with Crippen molar-refractivity contribution in [2.24, 2.45) is 5.73 Å². The molecule has 98 valence electrons. The van der Waals surface area contributed by atoms with Crippen molar-refractivity contribution in [3.63, 3.8) is 0 Å². The molecule has 4 heteroatoms. The van der Waals surface area contributed by atoms with Gasteiger partial charge in [0.05, 0.1) is 12.8 Å². The van der Waals surface area contributed by atoms with E-state index in [4.69, 9.17) is 10.5 Å². The summed E-state index contributed by atoms with van der Waals surface area (Å²) in [6.45, 7) is 0. The molecule has 1 aromatic carbocycles. The lowest BCUT2D eigenvalue weighted by Crippen LogP contribution is -2.01. The lowest BCUT2D eigenvalue weighted by atomic mass is 10.1. The maximum absolute atomic E-state index is 13.4. The summed E-state index contributed by atoms with van der Waals surface area (Å²) in [5.41, 5.74) is 8.41. The van der Waals surface area contributed by atoms with Crippen molar-refractivity contribution >= 4 is 0 Å². The van der Waals surface area contributed by atoms with Crippen LogP contribution in [0.25, 0.3) is 11.3 Å². The first-order valence-corrected chi connectivity index (χ1v) is 6.24. The number of aromatic nitrogens is 1. The van der Waals surface area contributed by atoms with Gasteiger partial charge in [0, 0.05) is 29.8 Å². The fourth-order valence-corrected chi connectivity index (χ4v) is 2.22. The van der Waals surface area contributed by atoms with Gasteiger partial charge in [-0.3, -0.25) is 4.98 Å². The van der Waals surface area contributed by atoms with E-state index in [0.717, 1.165) is 17.7 Å². The van der Waals surface area contributed by atoms with Crippen LogP contribution in [0.15, 0.2) is 36.5 Å². The molecule has 1 fully saturated rings. The molecule has 2 atom stereocenters. The number of nitrogens with two attached hydrogens (primary N) is 1. The average Bonchev–Trinajstić information content (AvgIpc) is 3.15. The van der Waals surface area contributed by atoms with Crippen molar-refractivity contribution in [1.29, 1.82) is 0 Å². The minimum absolute atomic E-state index is 0.266. The number of rotatable bonds is 3. The Morgan fingerprint density at radius 1 is 1.32 bits per heavy atom. The van der Waals surface area contributed by atoms with Crippen LogP contribution in [0.3, 0.4) is 0 Å². The molecule has 1 aromatic heterocycles. The summed E-state index contributed by atoms with van der Waals surface area (Å²) in [6, 6.07) is 8.75. The predicted octanol–water partition coefficient (Wildman–Crippen LogP) is 2.71. The highest BCUT2D eigenvalue weighted by Crippen LogP contribution is 2.39. The highest BCUT2D eigenvalue weighted by molar-refractivity contribution is 5.61. The van der Waals surface area contributed by atoms with Gasteiger partial charge in [-0.1, -0.05) is 6.07 Å². The summed E-state index contributed by atoms with van der Waals surface area (Å²) in [5, 5.41) is 0. The van der Waals surface area contributed by atoms with E-state index >= 15 is 0 Å². The SMILES string of the molecule is COc1cc(F)cc(-c2ccc([C@@H]3C[C@H]3N)cn2)c1. The zero-order valence-electron chi connectivity index (χ0n) is 10.6. The monoisotopic (exact) mass is 258 g/mol. The van der Waals surface area contributed by atoms with Gasteiger partial charge in [-0.15, -0.1) is 0 Å². The maximum Gasteiger partial charge on any atom is 0.127 e. The van der Waals surface area contributed by atoms with Crippen LogP contribution in [-0.2, 0) is 0 Å². The number of benzene rings is 1. The highest BCUT2D eigenvalue weighted by atomic mass is 19.1. The van der Waals surface area contributed by atoms with Crippen molar-refractivity contribution < 1.29 is 9.13 Å². The van der Waals surface area contributed by atoms with Crippen molar-refractivity contribution in [2.45, 2.75) is 18.4 Å². The van der Waals surface area contributed by atoms with Crippen LogP contribution >= 0.6 is 0 Å². The minimum Gasteiger partial charge on any atom is -0.497 e. The van der Waals surface area contributed by atoms with Gasteiger partial charge in [0.15, 0.2) is 0 Å². The van der Waals surface area contributed by atoms with Gasteiger partial charge in [-0.2, -0.15) is 0 Å². The molecule has 19 heavy (non-hydrogen) atoms. The molecule has 1 aliphatic carbocycles. The third-order valence-corrected chi connectivity index (χ3v) is 3.46. The molecule has 1 saturated carbocycles. The lowest BCUT2D eigenvalue weighted by Gasteiger charge is -2.06. The normalized spacial score (nSPS) is 21.2. The third-order valence-electron chi connectivity index (χ3n) is 3.46. The Bertz CT molecular complexity index is 598. The molecule has 2 aromatic rings. The molecule has 0 radical (unpaired) electrons. The molecule has 1 heterocycles. The van der Waals surface area contributed by atoms with Crippen LogP contribution in [0.2, 0.25) is 0 Å². The van der Waals surface area contributed by atoms with Gasteiger partial charge in [0.25, 0.3) is 0 Å². The lowest BCUT2D eigenvalue weighted by molar-refractivity contribution is 0.411. The third kappa shape index (κ3) is 2.44. The Balaban J connectivity index is 1.91. The molecular weight excluding hydrogens is 243 g/mol. The molecule has 0 bridgehead atoms. The maximum atomic E-state index is 13.4. The highest BCUT2D eigenvalue weighted by Gasteiger charge is 2.34. The van der Waals surface area contributed by atoms with Crippen LogP contribution in [0.5, 0.6) is 5.75 Å². The van der Waals surface area contributed by atoms with E-state index in [1.807, 2.05) is 18.3 Å². The van der Waals surface area contributed by atoms with E-state index < -0.39 is 0 Å². The Morgan fingerprint density at radius 3 is 2.68 bits per heavy atom. The molecule has 0 saturated heterocycles. The van der Waals surface area contributed by atoms with Crippen LogP contribution in [0, 0.1) is 5.82 Å². The van der Waals surface area contributed by atoms with Crippen LogP contribution in [0.4, 0.5) is 4.39 Å². The first kappa shape index (κ1) is 12.1. The standard InChI is InChI=1S/C15H15FN2O/c1-19-12-5-10(4-11(16)6-12)15-3-2-9(8-18-15)13-7-14(13)17/h2-6,8,13-14H,7,17H2,1H3/t13-,14+/m0/s1. The molecule has 0 amide bonds. The van der Waals surface area contributed by atoms with E-state index in [1.54, 1.807) is 6.07 Å². The Labute approximate surface area is 111 Å². The van der Waals surface area contributed by atoms with Gasteiger partial charge in [-0.05, 0) is 30.2 Å². The van der Waals surface area contributed by atoms with Crippen LogP contribution < -0.4 is 10.5 Å². The van der Waals surface area contributed by atoms with E-state index in [1.165, 1.54) is 19.2 Å². The minimum atomic E-state index is -0.329. The summed E-state index contributed by atoms with van der Waals surface area (Å²) in [6.07, 6.45) is 2.85. The van der Waals surface area contributed by atoms with E-state index in [-0.39, 0.29) is 11.9 Å². The van der Waals surface area contributed by atoms with Gasteiger partial charge in [0.2, 0.25) is 0 Å². The fourth-order valence-electron chi connectivity index (χ4n) is 2.22. The first-order valence-electron chi connectivity index (χ1n) is 6.24. The fraction of sp³-hybridized carbons (Fsp3) is 0.267. The second-order valence-electron chi connectivity index (χ2n) is 4.86. The molecular formula is C15H15FN2O. The molecule has 0 unspecified atom stereocenters. The second kappa shape index (κ2) is 4.63. The molecule has 2 N–H and O–H groups in total. The Morgan fingerprint density at radius 2 is 2.11 bits per heavy atom. The molecule has 0 spiro atoms. The van der Waals surface area contributed by atoms with Gasteiger partial charge < -0.3 is 10.5 Å². The van der Waals surface area contributed by atoms with Crippen molar-refractivity contribution in [1.82, 2.24) is 4.98 Å². The number of methoxy groups -OCH3 is 1. The van der Waals surface area contributed by atoms with Crippen LogP contribution in [0.1, 0.15) is 17.9 Å². The number of nitrogens with zero attached hydrogens (tertiary/aromatic N) is 1. The predicted molar refractivity (Wildman–Crippen MR) is 71.5 cm³/mol. The quantitative estimate of drug-likeness (QED) is 0.920. The Kier molecular flexibility index (Phi) is 2.95. The molecule has 3 nitrogen and oxygen atoms in total. The van der Waals surface area contributed by atoms with Crippen molar-refractivity contribution in [2.75, 3.05) is 7.11 Å². The summed E-state index contributed by atoms with van der Waals surface area (Å²) in [7, 11) is 1.52. The van der Waals surface area contributed by atoms with E-state index in [9.17, 15) is 4.39 Å². The summed E-state index contributed by atoms with van der Waals surface area (Å²) in [4.78, 5) is 4.38. The number of halogens is 1. The first-order chi connectivity index (χ1) is 9.17. The van der Waals surface area contributed by atoms with Gasteiger partial charge in [0.1, 0.15) is 11.6 Å². The number of hydrogen-bond donors (Lipinski definition) is 1. The van der Waals surface area contributed by atoms with Gasteiger partial charge >= 0.3 is 0 Å². The van der Waals surface area contributed by atoms with E-state index in [0.29, 0.717) is 17.2 Å². The Hall–Kier alpha value is -1.94. The smallest absolute Gasteiger partial charge is 0.127 e. The summed E-state index contributed by atoms with van der Waals surface area (Å²) < 4.78 is 18.5. The number of hydrogen-bond acceptors (Lipinski definition) is 3. The van der Waals surface area contributed by atoms with Crippen molar-refractivity contribution in [3.8, 4) is 17.0 Å².